The van der Waals surface area contributed by atoms with Gasteiger partial charge in [-0.25, -0.2) is 0 Å². The molecule has 0 bridgehead atoms. The second-order valence-corrected chi connectivity index (χ2v) is 8.34. The number of likely N-dealkylation sites (tertiary alicyclic amines) is 1. The fourth-order valence-corrected chi connectivity index (χ4v) is 4.50. The Kier molecular flexibility index (Phi) is 6.28. The minimum atomic E-state index is 1.02. The summed E-state index contributed by atoms with van der Waals surface area (Å²) in [7, 11) is 0. The molecule has 1 aliphatic rings. The minimum absolute atomic E-state index is 1.02. The average Bonchev–Trinajstić information content (AvgIpc) is 3.26. The molecule has 3 aromatic carbocycles. The van der Waals surface area contributed by atoms with E-state index in [1.54, 1.807) is 0 Å². The Balaban J connectivity index is 1.32. The van der Waals surface area contributed by atoms with Gasteiger partial charge in [-0.2, -0.15) is 0 Å². The summed E-state index contributed by atoms with van der Waals surface area (Å²) in [6, 6.07) is 28.7. The van der Waals surface area contributed by atoms with Crippen molar-refractivity contribution < 1.29 is 0 Å². The van der Waals surface area contributed by atoms with Crippen LogP contribution in [-0.4, -0.2) is 24.5 Å². The van der Waals surface area contributed by atoms with Gasteiger partial charge in [-0.05, 0) is 66.7 Å². The van der Waals surface area contributed by atoms with E-state index in [1.165, 1.54) is 59.6 Å². The Bertz CT molecular complexity index is 818. The summed E-state index contributed by atoms with van der Waals surface area (Å²) < 4.78 is 0. The lowest BCUT2D eigenvalue weighted by molar-refractivity contribution is 0.343. The average molecular weight is 374 g/mol. The molecule has 1 aliphatic heterocycles. The summed E-state index contributed by atoms with van der Waals surface area (Å²) >= 11 is 1.89. The first-order valence-corrected chi connectivity index (χ1v) is 10.9. The van der Waals surface area contributed by atoms with E-state index in [1.807, 2.05) is 11.8 Å². The molecule has 0 saturated carbocycles. The van der Waals surface area contributed by atoms with Crippen molar-refractivity contribution in [3.05, 3.63) is 90.0 Å². The Morgan fingerprint density at radius 3 is 1.96 bits per heavy atom. The smallest absolute Gasteiger partial charge is 0.0231 e. The topological polar surface area (TPSA) is 3.24 Å². The lowest BCUT2D eigenvalue weighted by Crippen LogP contribution is -2.21. The van der Waals surface area contributed by atoms with Gasteiger partial charge in [0.05, 0.1) is 0 Å². The van der Waals surface area contributed by atoms with Crippen LogP contribution in [0.1, 0.15) is 24.0 Å². The van der Waals surface area contributed by atoms with Crippen molar-refractivity contribution in [2.45, 2.75) is 29.9 Å². The maximum atomic E-state index is 2.58. The molecule has 0 aromatic heterocycles. The molecular formula is C25H27NS. The Labute approximate surface area is 167 Å². The summed E-state index contributed by atoms with van der Waals surface area (Å²) in [5.41, 5.74) is 5.42. The van der Waals surface area contributed by atoms with Gasteiger partial charge in [0.1, 0.15) is 0 Å². The third kappa shape index (κ3) is 5.24. The molecule has 27 heavy (non-hydrogen) atoms. The van der Waals surface area contributed by atoms with Gasteiger partial charge in [-0.1, -0.05) is 66.7 Å². The zero-order valence-electron chi connectivity index (χ0n) is 15.8. The first-order valence-electron chi connectivity index (χ1n) is 9.95. The predicted octanol–water partition coefficient (Wildman–Crippen LogP) is 6.28. The molecule has 2 heteroatoms. The molecular weight excluding hydrogens is 346 g/mol. The highest BCUT2D eigenvalue weighted by molar-refractivity contribution is 7.98. The van der Waals surface area contributed by atoms with Crippen LogP contribution < -0.4 is 0 Å². The molecule has 0 unspecified atom stereocenters. The van der Waals surface area contributed by atoms with Crippen LogP contribution in [0, 0.1) is 0 Å². The third-order valence-electron chi connectivity index (χ3n) is 5.31. The van der Waals surface area contributed by atoms with Crippen molar-refractivity contribution in [1.29, 1.82) is 0 Å². The molecule has 0 spiro atoms. The van der Waals surface area contributed by atoms with Gasteiger partial charge in [0.15, 0.2) is 0 Å². The fourth-order valence-electron chi connectivity index (χ4n) is 3.64. The van der Waals surface area contributed by atoms with Gasteiger partial charge in [0.25, 0.3) is 0 Å². The summed E-state index contributed by atoms with van der Waals surface area (Å²) in [6.07, 6.45) is 3.91. The number of hydrogen-bond acceptors (Lipinski definition) is 2. The standard InChI is InChI=1S/C25H27NS/c1-2-6-22(7-3-1)20-27-25-14-12-24(13-15-25)23-10-8-21(9-11-23)16-19-26-17-4-5-18-26/h1-3,6-15H,4-5,16-20H2. The quantitative estimate of drug-likeness (QED) is 0.448. The molecule has 1 saturated heterocycles. The maximum absolute atomic E-state index is 2.58. The van der Waals surface area contributed by atoms with Crippen LogP contribution in [0.2, 0.25) is 0 Å². The second kappa shape index (κ2) is 9.25. The van der Waals surface area contributed by atoms with E-state index in [2.05, 4.69) is 83.8 Å². The zero-order chi connectivity index (χ0) is 18.3. The highest BCUT2D eigenvalue weighted by Gasteiger charge is 2.10. The third-order valence-corrected chi connectivity index (χ3v) is 6.39. The van der Waals surface area contributed by atoms with Crippen LogP contribution in [0.5, 0.6) is 0 Å². The number of nitrogens with zero attached hydrogens (tertiary/aromatic N) is 1. The molecule has 0 N–H and O–H groups in total. The largest absolute Gasteiger partial charge is 0.303 e. The van der Waals surface area contributed by atoms with Gasteiger partial charge in [0, 0.05) is 17.2 Å². The van der Waals surface area contributed by atoms with Gasteiger partial charge in [-0.15, -0.1) is 11.8 Å². The molecule has 138 valence electrons. The summed E-state index contributed by atoms with van der Waals surface area (Å²) in [5.74, 6) is 1.02. The molecule has 0 atom stereocenters. The Morgan fingerprint density at radius 1 is 0.667 bits per heavy atom. The Morgan fingerprint density at radius 2 is 1.30 bits per heavy atom. The van der Waals surface area contributed by atoms with Crippen LogP contribution in [0.3, 0.4) is 0 Å². The van der Waals surface area contributed by atoms with E-state index in [-0.39, 0.29) is 0 Å². The summed E-state index contributed by atoms with van der Waals surface area (Å²) in [4.78, 5) is 3.91. The van der Waals surface area contributed by atoms with Crippen LogP contribution in [0.15, 0.2) is 83.8 Å². The molecule has 0 aliphatic carbocycles. The van der Waals surface area contributed by atoms with Crippen molar-refractivity contribution in [3.63, 3.8) is 0 Å². The minimum Gasteiger partial charge on any atom is -0.303 e. The van der Waals surface area contributed by atoms with Crippen molar-refractivity contribution in [2.75, 3.05) is 19.6 Å². The predicted molar refractivity (Wildman–Crippen MR) is 117 cm³/mol. The van der Waals surface area contributed by atoms with Gasteiger partial charge < -0.3 is 4.90 Å². The SMILES string of the molecule is c1ccc(CSc2ccc(-c3ccc(CCN4CCCC4)cc3)cc2)cc1. The van der Waals surface area contributed by atoms with Crippen LogP contribution in [0.4, 0.5) is 0 Å². The summed E-state index contributed by atoms with van der Waals surface area (Å²) in [6.45, 7) is 3.77. The van der Waals surface area contributed by atoms with E-state index in [0.29, 0.717) is 0 Å². The zero-order valence-corrected chi connectivity index (χ0v) is 16.6. The van der Waals surface area contributed by atoms with Gasteiger partial charge >= 0.3 is 0 Å². The molecule has 3 aromatic rings. The van der Waals surface area contributed by atoms with E-state index in [9.17, 15) is 0 Å². The first kappa shape index (κ1) is 18.3. The lowest BCUT2D eigenvalue weighted by Gasteiger charge is -2.14. The highest BCUT2D eigenvalue weighted by atomic mass is 32.2. The number of hydrogen-bond donors (Lipinski definition) is 0. The molecule has 0 radical (unpaired) electrons. The van der Waals surface area contributed by atoms with Gasteiger partial charge in [-0.3, -0.25) is 0 Å². The van der Waals surface area contributed by atoms with Crippen molar-refractivity contribution in [3.8, 4) is 11.1 Å². The van der Waals surface area contributed by atoms with Crippen LogP contribution in [0.25, 0.3) is 11.1 Å². The monoisotopic (exact) mass is 373 g/mol. The van der Waals surface area contributed by atoms with E-state index in [4.69, 9.17) is 0 Å². The molecule has 1 nitrogen and oxygen atoms in total. The molecule has 4 rings (SSSR count). The number of thioether (sulfide) groups is 1. The van der Waals surface area contributed by atoms with Crippen LogP contribution in [-0.2, 0) is 12.2 Å². The van der Waals surface area contributed by atoms with Crippen molar-refractivity contribution in [1.82, 2.24) is 4.90 Å². The van der Waals surface area contributed by atoms with Crippen molar-refractivity contribution in [2.24, 2.45) is 0 Å². The summed E-state index contributed by atoms with van der Waals surface area (Å²) in [5, 5.41) is 0. The molecule has 1 heterocycles. The van der Waals surface area contributed by atoms with E-state index < -0.39 is 0 Å². The number of benzene rings is 3. The fraction of sp³-hybridized carbons (Fsp3) is 0.280. The maximum Gasteiger partial charge on any atom is 0.0231 e. The van der Waals surface area contributed by atoms with Gasteiger partial charge in [0.2, 0.25) is 0 Å². The normalized spacial score (nSPS) is 14.5. The first-order chi connectivity index (χ1) is 13.4. The Hall–Kier alpha value is -2.03. The highest BCUT2D eigenvalue weighted by Crippen LogP contribution is 2.27. The molecule has 1 fully saturated rings. The number of rotatable bonds is 7. The van der Waals surface area contributed by atoms with E-state index in [0.717, 1.165) is 12.2 Å². The lowest BCUT2D eigenvalue weighted by atomic mass is 10.0. The van der Waals surface area contributed by atoms with Crippen molar-refractivity contribution >= 4 is 11.8 Å². The van der Waals surface area contributed by atoms with E-state index >= 15 is 0 Å². The second-order valence-electron chi connectivity index (χ2n) is 7.29. The van der Waals surface area contributed by atoms with Crippen LogP contribution >= 0.6 is 11.8 Å². The molecule has 0 amide bonds.